The monoisotopic (exact) mass is 305 g/mol. The highest BCUT2D eigenvalue weighted by Crippen LogP contribution is 2.16. The summed E-state index contributed by atoms with van der Waals surface area (Å²) >= 11 is 0. The summed E-state index contributed by atoms with van der Waals surface area (Å²) in [6, 6.07) is 7.00. The van der Waals surface area contributed by atoms with Crippen LogP contribution in [-0.4, -0.2) is 69.5 Å². The van der Waals surface area contributed by atoms with Gasteiger partial charge < -0.3 is 24.8 Å². The van der Waals surface area contributed by atoms with Crippen molar-refractivity contribution in [3.8, 4) is 0 Å². The Morgan fingerprint density at radius 3 is 2.95 bits per heavy atom. The number of H-pyrrole nitrogens is 1. The number of fused-ring (bicyclic) bond motifs is 1. The van der Waals surface area contributed by atoms with Crippen LogP contribution in [0.2, 0.25) is 0 Å². The average molecular weight is 305 g/mol. The molecule has 1 fully saturated rings. The third kappa shape index (κ3) is 2.83. The lowest BCUT2D eigenvalue weighted by molar-refractivity contribution is -0.152. The molecule has 1 aromatic carbocycles. The van der Waals surface area contributed by atoms with Crippen molar-refractivity contribution in [1.82, 2.24) is 14.9 Å². The number of likely N-dealkylation sites (N-methyl/N-ethyl adjacent to an activating group) is 1. The number of aliphatic hydroxyl groups excluding tert-OH is 2. The molecule has 0 aliphatic carbocycles. The number of aromatic amines is 1. The fourth-order valence-electron chi connectivity index (χ4n) is 2.65. The average Bonchev–Trinajstić information content (AvgIpc) is 2.91. The molecule has 22 heavy (non-hydrogen) atoms. The lowest BCUT2D eigenvalue weighted by Gasteiger charge is -2.37. The number of nitrogens with zero attached hydrogens (tertiary/aromatic N) is 2. The molecule has 0 saturated carbocycles. The van der Waals surface area contributed by atoms with Crippen LogP contribution in [0.15, 0.2) is 24.3 Å². The number of benzene rings is 1. The van der Waals surface area contributed by atoms with E-state index in [1.165, 1.54) is 4.90 Å². The number of amides is 1. The van der Waals surface area contributed by atoms with E-state index < -0.39 is 18.2 Å². The van der Waals surface area contributed by atoms with Crippen LogP contribution in [0.1, 0.15) is 5.82 Å². The van der Waals surface area contributed by atoms with Crippen LogP contribution in [0, 0.1) is 0 Å². The van der Waals surface area contributed by atoms with Crippen molar-refractivity contribution < 1.29 is 19.7 Å². The van der Waals surface area contributed by atoms with Gasteiger partial charge in [0.2, 0.25) is 5.91 Å². The first-order valence-corrected chi connectivity index (χ1v) is 7.19. The number of carbonyl (C=O) groups excluding carboxylic acids is 1. The molecule has 1 aromatic heterocycles. The van der Waals surface area contributed by atoms with Gasteiger partial charge in [0.25, 0.3) is 0 Å². The molecule has 3 atom stereocenters. The van der Waals surface area contributed by atoms with Gasteiger partial charge in [-0.2, -0.15) is 0 Å². The van der Waals surface area contributed by atoms with E-state index in [1.807, 2.05) is 24.3 Å². The molecular formula is C15H19N3O4. The number of nitrogens with one attached hydrogen (secondary N) is 1. The lowest BCUT2D eigenvalue weighted by atomic mass is 10.0. The number of hydrogen-bond acceptors (Lipinski definition) is 5. The van der Waals surface area contributed by atoms with Gasteiger partial charge in [-0.15, -0.1) is 0 Å². The number of aromatic nitrogens is 2. The second-order valence-corrected chi connectivity index (χ2v) is 5.54. The van der Waals surface area contributed by atoms with Gasteiger partial charge in [-0.25, -0.2) is 4.98 Å². The van der Waals surface area contributed by atoms with E-state index in [9.17, 15) is 15.0 Å². The maximum atomic E-state index is 12.4. The fourth-order valence-corrected chi connectivity index (χ4v) is 2.65. The van der Waals surface area contributed by atoms with Crippen LogP contribution < -0.4 is 0 Å². The van der Waals surface area contributed by atoms with Gasteiger partial charge in [0.1, 0.15) is 18.0 Å². The summed E-state index contributed by atoms with van der Waals surface area (Å²) in [4.78, 5) is 21.2. The van der Waals surface area contributed by atoms with Gasteiger partial charge in [0, 0.05) is 7.05 Å². The number of hydrogen-bond donors (Lipinski definition) is 3. The summed E-state index contributed by atoms with van der Waals surface area (Å²) in [6.45, 7) is 0.296. The zero-order valence-corrected chi connectivity index (χ0v) is 12.3. The standard InChI is InChI=1S/C15H19N3O4/c1-18(11-7-22-8-12(19)15(11)21)14(20)6-13-16-9-4-2-3-5-10(9)17-13/h2-5,11-12,15,19,21H,6-8H2,1H3,(H,16,17)/t11-,12-,15+/m1/s1. The maximum Gasteiger partial charge on any atom is 0.230 e. The molecule has 7 heteroatoms. The summed E-state index contributed by atoms with van der Waals surface area (Å²) in [6.07, 6.45) is -1.87. The summed E-state index contributed by atoms with van der Waals surface area (Å²) in [5.41, 5.74) is 1.69. The van der Waals surface area contributed by atoms with Crippen LogP contribution in [0.5, 0.6) is 0 Å². The van der Waals surface area contributed by atoms with Crippen molar-refractivity contribution in [3.63, 3.8) is 0 Å². The van der Waals surface area contributed by atoms with Gasteiger partial charge in [-0.05, 0) is 12.1 Å². The summed E-state index contributed by atoms with van der Waals surface area (Å²) in [7, 11) is 1.60. The van der Waals surface area contributed by atoms with Gasteiger partial charge >= 0.3 is 0 Å². The molecule has 1 saturated heterocycles. The van der Waals surface area contributed by atoms with Gasteiger partial charge in [0.05, 0.1) is 36.7 Å². The van der Waals surface area contributed by atoms with Crippen LogP contribution >= 0.6 is 0 Å². The first-order chi connectivity index (χ1) is 10.6. The van der Waals surface area contributed by atoms with Crippen molar-refractivity contribution in [1.29, 1.82) is 0 Å². The van der Waals surface area contributed by atoms with Crippen LogP contribution in [0.25, 0.3) is 11.0 Å². The van der Waals surface area contributed by atoms with Crippen molar-refractivity contribution >= 4 is 16.9 Å². The molecule has 1 aliphatic rings. The highest BCUT2D eigenvalue weighted by molar-refractivity contribution is 5.80. The van der Waals surface area contributed by atoms with Crippen molar-refractivity contribution in [2.45, 2.75) is 24.7 Å². The number of imidazole rings is 1. The Labute approximate surface area is 127 Å². The topological polar surface area (TPSA) is 98.7 Å². The molecule has 2 aromatic rings. The van der Waals surface area contributed by atoms with E-state index >= 15 is 0 Å². The third-order valence-electron chi connectivity index (χ3n) is 4.01. The molecule has 1 aliphatic heterocycles. The minimum Gasteiger partial charge on any atom is -0.388 e. The van der Waals surface area contributed by atoms with E-state index in [0.29, 0.717) is 5.82 Å². The van der Waals surface area contributed by atoms with E-state index in [2.05, 4.69) is 9.97 Å². The zero-order chi connectivity index (χ0) is 15.7. The Morgan fingerprint density at radius 2 is 2.18 bits per heavy atom. The number of rotatable bonds is 3. The van der Waals surface area contributed by atoms with Crippen molar-refractivity contribution in [2.75, 3.05) is 20.3 Å². The molecule has 3 N–H and O–H groups in total. The molecule has 3 rings (SSSR count). The predicted molar refractivity (Wildman–Crippen MR) is 79.2 cm³/mol. The molecule has 0 unspecified atom stereocenters. The van der Waals surface area contributed by atoms with Gasteiger partial charge in [-0.1, -0.05) is 12.1 Å². The Kier molecular flexibility index (Phi) is 4.10. The molecule has 118 valence electrons. The molecule has 0 spiro atoms. The quantitative estimate of drug-likeness (QED) is 0.722. The minimum atomic E-state index is -1.00. The van der Waals surface area contributed by atoms with Crippen LogP contribution in [0.3, 0.4) is 0 Å². The first-order valence-electron chi connectivity index (χ1n) is 7.19. The first kappa shape index (κ1) is 15.0. The second-order valence-electron chi connectivity index (χ2n) is 5.54. The third-order valence-corrected chi connectivity index (χ3v) is 4.01. The molecular weight excluding hydrogens is 286 g/mol. The molecule has 1 amide bonds. The molecule has 0 bridgehead atoms. The fraction of sp³-hybridized carbons (Fsp3) is 0.467. The number of carbonyl (C=O) groups is 1. The van der Waals surface area contributed by atoms with Crippen LogP contribution in [-0.2, 0) is 16.0 Å². The smallest absolute Gasteiger partial charge is 0.230 e. The van der Waals surface area contributed by atoms with E-state index in [4.69, 9.17) is 4.74 Å². The number of aliphatic hydroxyl groups is 2. The Bertz CT molecular complexity index is 639. The zero-order valence-electron chi connectivity index (χ0n) is 12.3. The molecule has 0 radical (unpaired) electrons. The SMILES string of the molecule is CN(C(=O)Cc1nc2ccccc2[nH]1)[C@@H]1COC[C@@H](O)[C@H]1O. The highest BCUT2D eigenvalue weighted by atomic mass is 16.5. The van der Waals surface area contributed by atoms with E-state index in [-0.39, 0.29) is 25.5 Å². The molecule has 2 heterocycles. The summed E-state index contributed by atoms with van der Waals surface area (Å²) in [5.74, 6) is 0.380. The Morgan fingerprint density at radius 1 is 1.41 bits per heavy atom. The maximum absolute atomic E-state index is 12.4. The number of ether oxygens (including phenoxy) is 1. The summed E-state index contributed by atoms with van der Waals surface area (Å²) < 4.78 is 5.21. The highest BCUT2D eigenvalue weighted by Gasteiger charge is 2.35. The minimum absolute atomic E-state index is 0.0866. The largest absolute Gasteiger partial charge is 0.388 e. The normalized spacial score (nSPS) is 25.3. The predicted octanol–water partition coefficient (Wildman–Crippen LogP) is -0.316. The lowest BCUT2D eigenvalue weighted by Crippen LogP contribution is -2.56. The summed E-state index contributed by atoms with van der Waals surface area (Å²) in [5, 5.41) is 19.6. The van der Waals surface area contributed by atoms with Crippen LogP contribution in [0.4, 0.5) is 0 Å². The van der Waals surface area contributed by atoms with Crippen molar-refractivity contribution in [2.24, 2.45) is 0 Å². The van der Waals surface area contributed by atoms with E-state index in [1.54, 1.807) is 7.05 Å². The van der Waals surface area contributed by atoms with Gasteiger partial charge in [0.15, 0.2) is 0 Å². The Hall–Kier alpha value is -1.96. The number of para-hydroxylation sites is 2. The van der Waals surface area contributed by atoms with Crippen molar-refractivity contribution in [3.05, 3.63) is 30.1 Å². The second kappa shape index (κ2) is 6.04. The van der Waals surface area contributed by atoms with Gasteiger partial charge in [-0.3, -0.25) is 4.79 Å². The molecule has 7 nitrogen and oxygen atoms in total. The van der Waals surface area contributed by atoms with E-state index in [0.717, 1.165) is 11.0 Å². The Balaban J connectivity index is 1.70.